The van der Waals surface area contributed by atoms with Crippen molar-refractivity contribution in [3.05, 3.63) is 15.6 Å². The Morgan fingerprint density at radius 3 is 2.94 bits per heavy atom. The van der Waals surface area contributed by atoms with E-state index in [-0.39, 0.29) is 0 Å². The van der Waals surface area contributed by atoms with Crippen molar-refractivity contribution in [1.82, 2.24) is 4.98 Å². The smallest absolute Gasteiger partial charge is 0.0931 e. The van der Waals surface area contributed by atoms with Gasteiger partial charge in [0.1, 0.15) is 0 Å². The number of rotatable bonds is 4. The third kappa shape index (κ3) is 2.64. The molecule has 0 aliphatic heterocycles. The van der Waals surface area contributed by atoms with E-state index in [0.717, 1.165) is 31.2 Å². The summed E-state index contributed by atoms with van der Waals surface area (Å²) >= 11 is 1.94. The van der Waals surface area contributed by atoms with E-state index in [9.17, 15) is 0 Å². The van der Waals surface area contributed by atoms with Gasteiger partial charge in [-0.25, -0.2) is 4.98 Å². The molecule has 2 unspecified atom stereocenters. The van der Waals surface area contributed by atoms with Crippen LogP contribution in [0.4, 0.5) is 0 Å². The topological polar surface area (TPSA) is 38.9 Å². The second-order valence-corrected chi connectivity index (χ2v) is 6.23. The summed E-state index contributed by atoms with van der Waals surface area (Å²) in [5, 5.41) is 1.33. The monoisotopic (exact) mass is 238 g/mol. The van der Waals surface area contributed by atoms with Gasteiger partial charge in [0.25, 0.3) is 0 Å². The molecule has 1 heterocycles. The molecule has 0 radical (unpaired) electrons. The van der Waals surface area contributed by atoms with Crippen LogP contribution in [0.25, 0.3) is 0 Å². The van der Waals surface area contributed by atoms with Crippen LogP contribution in [0.15, 0.2) is 0 Å². The molecule has 1 aliphatic carbocycles. The molecule has 3 heteroatoms. The molecule has 2 atom stereocenters. The van der Waals surface area contributed by atoms with Gasteiger partial charge in [-0.1, -0.05) is 13.8 Å². The van der Waals surface area contributed by atoms with Crippen LogP contribution in [0.2, 0.25) is 0 Å². The normalized spacial score (nSPS) is 24.4. The van der Waals surface area contributed by atoms with Crippen molar-refractivity contribution < 1.29 is 0 Å². The average Bonchev–Trinajstić information content (AvgIpc) is 2.61. The molecule has 2 N–H and O–H groups in total. The maximum atomic E-state index is 5.51. The molecule has 0 saturated carbocycles. The highest BCUT2D eigenvalue weighted by atomic mass is 32.1. The minimum absolute atomic E-state index is 0.722. The Bertz CT molecular complexity index is 346. The van der Waals surface area contributed by atoms with Crippen molar-refractivity contribution in [2.24, 2.45) is 11.7 Å². The highest BCUT2D eigenvalue weighted by Crippen LogP contribution is 2.38. The predicted octanol–water partition coefficient (Wildman–Crippen LogP) is 3.11. The Hall–Kier alpha value is -0.410. The molecule has 0 amide bonds. The van der Waals surface area contributed by atoms with Crippen molar-refractivity contribution in [2.45, 2.75) is 51.9 Å². The first-order valence-electron chi connectivity index (χ1n) is 6.39. The summed E-state index contributed by atoms with van der Waals surface area (Å²) in [5.41, 5.74) is 6.90. The van der Waals surface area contributed by atoms with E-state index < -0.39 is 0 Å². The molecule has 90 valence electrons. The first-order valence-corrected chi connectivity index (χ1v) is 7.21. The third-order valence-electron chi connectivity index (χ3n) is 3.36. The maximum Gasteiger partial charge on any atom is 0.0931 e. The van der Waals surface area contributed by atoms with E-state index in [1.165, 1.54) is 30.0 Å². The number of thiazole rings is 1. The largest absolute Gasteiger partial charge is 0.330 e. The molecule has 2 nitrogen and oxygen atoms in total. The molecular formula is C13H22N2S. The van der Waals surface area contributed by atoms with E-state index in [1.54, 1.807) is 4.88 Å². The Morgan fingerprint density at radius 2 is 2.19 bits per heavy atom. The molecule has 2 rings (SSSR count). The Balaban J connectivity index is 2.05. The number of aromatic nitrogens is 1. The van der Waals surface area contributed by atoms with Gasteiger partial charge in [-0.05, 0) is 50.5 Å². The lowest BCUT2D eigenvalue weighted by atomic mass is 9.86. The Kier molecular flexibility index (Phi) is 3.98. The van der Waals surface area contributed by atoms with Crippen LogP contribution in [0.3, 0.4) is 0 Å². The Morgan fingerprint density at radius 1 is 1.38 bits per heavy atom. The van der Waals surface area contributed by atoms with Gasteiger partial charge in [0.2, 0.25) is 0 Å². The minimum atomic E-state index is 0.722. The van der Waals surface area contributed by atoms with Gasteiger partial charge in [-0.2, -0.15) is 0 Å². The number of fused-ring (bicyclic) bond motifs is 1. The summed E-state index contributed by atoms with van der Waals surface area (Å²) in [4.78, 5) is 6.36. The molecule has 0 spiro atoms. The minimum Gasteiger partial charge on any atom is -0.330 e. The number of nitrogens with zero attached hydrogens (tertiary/aromatic N) is 1. The molecule has 0 aromatic carbocycles. The third-order valence-corrected chi connectivity index (χ3v) is 4.75. The summed E-state index contributed by atoms with van der Waals surface area (Å²) in [6.45, 7) is 5.49. The van der Waals surface area contributed by atoms with E-state index in [1.807, 2.05) is 11.3 Å². The standard InChI is InChI=1S/C13H22N2S/c1-9-7-10(2)13-11(8-9)15-12(16-13)5-3-4-6-14/h9-10H,3-8,14H2,1-2H3. The van der Waals surface area contributed by atoms with Crippen LogP contribution in [0, 0.1) is 5.92 Å². The van der Waals surface area contributed by atoms with E-state index in [4.69, 9.17) is 10.7 Å². The van der Waals surface area contributed by atoms with Crippen LogP contribution in [0.1, 0.15) is 54.6 Å². The predicted molar refractivity (Wildman–Crippen MR) is 70.0 cm³/mol. The van der Waals surface area contributed by atoms with E-state index >= 15 is 0 Å². The van der Waals surface area contributed by atoms with Gasteiger partial charge in [-0.15, -0.1) is 11.3 Å². The first-order chi connectivity index (χ1) is 7.70. The number of hydrogen-bond donors (Lipinski definition) is 1. The van der Waals surface area contributed by atoms with Crippen LogP contribution in [0.5, 0.6) is 0 Å². The summed E-state index contributed by atoms with van der Waals surface area (Å²) in [5.74, 6) is 1.53. The van der Waals surface area contributed by atoms with Crippen LogP contribution < -0.4 is 5.73 Å². The number of unbranched alkanes of at least 4 members (excludes halogenated alkanes) is 1. The van der Waals surface area contributed by atoms with Gasteiger partial charge in [-0.3, -0.25) is 0 Å². The zero-order chi connectivity index (χ0) is 11.5. The van der Waals surface area contributed by atoms with Crippen molar-refractivity contribution >= 4 is 11.3 Å². The summed E-state index contributed by atoms with van der Waals surface area (Å²) in [7, 11) is 0. The summed E-state index contributed by atoms with van der Waals surface area (Å²) in [6, 6.07) is 0. The van der Waals surface area contributed by atoms with Gasteiger partial charge >= 0.3 is 0 Å². The Labute approximate surface area is 102 Å². The van der Waals surface area contributed by atoms with Crippen molar-refractivity contribution in [1.29, 1.82) is 0 Å². The maximum absolute atomic E-state index is 5.51. The second-order valence-electron chi connectivity index (χ2n) is 5.11. The number of nitrogens with two attached hydrogens (primary N) is 1. The summed E-state index contributed by atoms with van der Waals surface area (Å²) < 4.78 is 0. The number of hydrogen-bond acceptors (Lipinski definition) is 3. The van der Waals surface area contributed by atoms with E-state index in [0.29, 0.717) is 0 Å². The van der Waals surface area contributed by atoms with Crippen LogP contribution in [-0.2, 0) is 12.8 Å². The lowest BCUT2D eigenvalue weighted by Gasteiger charge is -2.22. The fourth-order valence-corrected chi connectivity index (χ4v) is 3.80. The molecule has 16 heavy (non-hydrogen) atoms. The van der Waals surface area contributed by atoms with Crippen LogP contribution >= 0.6 is 11.3 Å². The summed E-state index contributed by atoms with van der Waals surface area (Å²) in [6.07, 6.45) is 5.95. The molecular weight excluding hydrogens is 216 g/mol. The van der Waals surface area contributed by atoms with E-state index in [2.05, 4.69) is 13.8 Å². The second kappa shape index (κ2) is 5.28. The van der Waals surface area contributed by atoms with Crippen LogP contribution in [-0.4, -0.2) is 11.5 Å². The molecule has 0 fully saturated rings. The highest BCUT2D eigenvalue weighted by Gasteiger charge is 2.25. The SMILES string of the molecule is CC1Cc2nc(CCCCN)sc2C(C)C1. The number of aryl methyl sites for hydroxylation is 1. The van der Waals surface area contributed by atoms with Gasteiger partial charge < -0.3 is 5.73 Å². The zero-order valence-electron chi connectivity index (χ0n) is 10.3. The zero-order valence-corrected chi connectivity index (χ0v) is 11.1. The van der Waals surface area contributed by atoms with Crippen molar-refractivity contribution in [3.63, 3.8) is 0 Å². The molecule has 1 aromatic heterocycles. The molecule has 0 saturated heterocycles. The van der Waals surface area contributed by atoms with Crippen molar-refractivity contribution in [2.75, 3.05) is 6.54 Å². The quantitative estimate of drug-likeness (QED) is 0.819. The van der Waals surface area contributed by atoms with Gasteiger partial charge in [0.05, 0.1) is 10.7 Å². The van der Waals surface area contributed by atoms with Gasteiger partial charge in [0, 0.05) is 4.88 Å². The average molecular weight is 238 g/mol. The lowest BCUT2D eigenvalue weighted by molar-refractivity contribution is 0.449. The molecule has 0 bridgehead atoms. The molecule has 1 aromatic rings. The van der Waals surface area contributed by atoms with Crippen molar-refractivity contribution in [3.8, 4) is 0 Å². The fourth-order valence-electron chi connectivity index (χ4n) is 2.60. The van der Waals surface area contributed by atoms with Gasteiger partial charge in [0.15, 0.2) is 0 Å². The lowest BCUT2D eigenvalue weighted by Crippen LogP contribution is -2.13. The first kappa shape index (κ1) is 12.1. The highest BCUT2D eigenvalue weighted by molar-refractivity contribution is 7.11. The fraction of sp³-hybridized carbons (Fsp3) is 0.769. The molecule has 1 aliphatic rings.